The van der Waals surface area contributed by atoms with Gasteiger partial charge in [-0.1, -0.05) is 0 Å². The molecule has 0 unspecified atom stereocenters. The maximum atomic E-state index is 11.6. The van der Waals surface area contributed by atoms with E-state index in [1.165, 1.54) is 18.6 Å². The Hall–Kier alpha value is -2.51. The summed E-state index contributed by atoms with van der Waals surface area (Å²) in [5.41, 5.74) is 4.97. The van der Waals surface area contributed by atoms with E-state index in [4.69, 9.17) is 10.8 Å². The molecule has 0 saturated heterocycles. The van der Waals surface area contributed by atoms with Crippen LogP contribution in [0.2, 0.25) is 0 Å². The van der Waals surface area contributed by atoms with Crippen LogP contribution in [-0.4, -0.2) is 38.9 Å². The monoisotopic (exact) mass is 252 g/mol. The normalized spacial score (nSPS) is 11.6. The summed E-state index contributed by atoms with van der Waals surface area (Å²) in [5.74, 6) is -2.51. The van der Waals surface area contributed by atoms with Gasteiger partial charge in [0.2, 0.25) is 5.91 Å². The van der Waals surface area contributed by atoms with Crippen molar-refractivity contribution in [2.24, 2.45) is 5.73 Å². The SMILES string of the molecule is NC(=O)CC[C@H](NC(=O)c1ccncn1)C(=O)O. The van der Waals surface area contributed by atoms with Crippen molar-refractivity contribution in [3.8, 4) is 0 Å². The van der Waals surface area contributed by atoms with E-state index in [0.717, 1.165) is 0 Å². The lowest BCUT2D eigenvalue weighted by Gasteiger charge is -2.12. The van der Waals surface area contributed by atoms with E-state index in [1.54, 1.807) is 0 Å². The summed E-state index contributed by atoms with van der Waals surface area (Å²) in [7, 11) is 0. The molecule has 1 heterocycles. The molecule has 0 radical (unpaired) electrons. The van der Waals surface area contributed by atoms with Crippen LogP contribution in [0.3, 0.4) is 0 Å². The standard InChI is InChI=1S/C10H12N4O4/c11-8(15)2-1-7(10(17)18)14-9(16)6-3-4-12-5-13-6/h3-5,7H,1-2H2,(H2,11,15)(H,14,16)(H,17,18)/t7-/m0/s1. The number of carbonyl (C=O) groups is 3. The first-order valence-corrected chi connectivity index (χ1v) is 5.08. The van der Waals surface area contributed by atoms with Crippen LogP contribution in [0.15, 0.2) is 18.6 Å². The van der Waals surface area contributed by atoms with Gasteiger partial charge in [-0.15, -0.1) is 0 Å². The molecule has 1 atom stereocenters. The second kappa shape index (κ2) is 6.28. The highest BCUT2D eigenvalue weighted by molar-refractivity contribution is 5.94. The molecule has 0 aromatic carbocycles. The van der Waals surface area contributed by atoms with Crippen molar-refractivity contribution in [2.45, 2.75) is 18.9 Å². The third-order valence-electron chi connectivity index (χ3n) is 2.10. The van der Waals surface area contributed by atoms with Crippen molar-refractivity contribution in [2.75, 3.05) is 0 Å². The van der Waals surface area contributed by atoms with Gasteiger partial charge in [-0.05, 0) is 12.5 Å². The van der Waals surface area contributed by atoms with E-state index in [0.29, 0.717) is 0 Å². The zero-order valence-corrected chi connectivity index (χ0v) is 9.37. The molecule has 8 nitrogen and oxygen atoms in total. The first-order chi connectivity index (χ1) is 8.50. The van der Waals surface area contributed by atoms with Crippen LogP contribution in [0, 0.1) is 0 Å². The number of hydrogen-bond acceptors (Lipinski definition) is 5. The van der Waals surface area contributed by atoms with Crippen LogP contribution in [0.4, 0.5) is 0 Å². The molecule has 8 heteroatoms. The number of nitrogens with one attached hydrogen (secondary N) is 1. The summed E-state index contributed by atoms with van der Waals surface area (Å²) >= 11 is 0. The molecule has 1 rings (SSSR count). The first kappa shape index (κ1) is 13.6. The highest BCUT2D eigenvalue weighted by Crippen LogP contribution is 2.00. The fourth-order valence-electron chi connectivity index (χ4n) is 1.20. The van der Waals surface area contributed by atoms with Gasteiger partial charge >= 0.3 is 5.97 Å². The Balaban J connectivity index is 2.64. The fraction of sp³-hybridized carbons (Fsp3) is 0.300. The Bertz CT molecular complexity index is 448. The smallest absolute Gasteiger partial charge is 0.326 e. The number of carboxylic acids is 1. The van der Waals surface area contributed by atoms with Crippen LogP contribution >= 0.6 is 0 Å². The summed E-state index contributed by atoms with van der Waals surface area (Å²) in [5, 5.41) is 11.1. The first-order valence-electron chi connectivity index (χ1n) is 5.08. The summed E-state index contributed by atoms with van der Waals surface area (Å²) < 4.78 is 0. The van der Waals surface area contributed by atoms with Gasteiger partial charge in [-0.3, -0.25) is 9.59 Å². The highest BCUT2D eigenvalue weighted by Gasteiger charge is 2.21. The van der Waals surface area contributed by atoms with Gasteiger partial charge in [0.05, 0.1) is 0 Å². The summed E-state index contributed by atoms with van der Waals surface area (Å²) in [4.78, 5) is 40.4. The molecule has 0 bridgehead atoms. The van der Waals surface area contributed by atoms with Crippen molar-refractivity contribution < 1.29 is 19.5 Å². The van der Waals surface area contributed by atoms with Crippen molar-refractivity contribution in [1.82, 2.24) is 15.3 Å². The van der Waals surface area contributed by atoms with Gasteiger partial charge in [0, 0.05) is 12.6 Å². The second-order valence-electron chi connectivity index (χ2n) is 3.46. The maximum absolute atomic E-state index is 11.6. The number of primary amides is 1. The molecule has 1 aromatic heterocycles. The Morgan fingerprint density at radius 1 is 1.44 bits per heavy atom. The second-order valence-corrected chi connectivity index (χ2v) is 3.46. The van der Waals surface area contributed by atoms with E-state index >= 15 is 0 Å². The molecule has 1 aromatic rings. The lowest BCUT2D eigenvalue weighted by molar-refractivity contribution is -0.139. The number of amides is 2. The van der Waals surface area contributed by atoms with Crippen LogP contribution in [-0.2, 0) is 9.59 Å². The molecule has 4 N–H and O–H groups in total. The summed E-state index contributed by atoms with van der Waals surface area (Å²) in [6, 6.07) is 0.169. The van der Waals surface area contributed by atoms with Gasteiger partial charge in [-0.2, -0.15) is 0 Å². The average Bonchev–Trinajstić information content (AvgIpc) is 2.34. The number of carboxylic acid groups (broad SMARTS) is 1. The maximum Gasteiger partial charge on any atom is 0.326 e. The van der Waals surface area contributed by atoms with Gasteiger partial charge < -0.3 is 16.2 Å². The molecule has 0 aliphatic rings. The van der Waals surface area contributed by atoms with E-state index in [2.05, 4.69) is 15.3 Å². The molecule has 18 heavy (non-hydrogen) atoms. The van der Waals surface area contributed by atoms with E-state index in [-0.39, 0.29) is 18.5 Å². The molecule has 96 valence electrons. The van der Waals surface area contributed by atoms with E-state index in [9.17, 15) is 14.4 Å². The zero-order chi connectivity index (χ0) is 13.5. The molecule has 0 aliphatic heterocycles. The molecule has 0 saturated carbocycles. The molecular formula is C10H12N4O4. The quantitative estimate of drug-likeness (QED) is 0.589. The van der Waals surface area contributed by atoms with Crippen molar-refractivity contribution in [3.05, 3.63) is 24.3 Å². The third-order valence-corrected chi connectivity index (χ3v) is 2.10. The largest absolute Gasteiger partial charge is 0.480 e. The molecule has 0 aliphatic carbocycles. The number of nitrogens with two attached hydrogens (primary N) is 1. The van der Waals surface area contributed by atoms with Crippen molar-refractivity contribution >= 4 is 17.8 Å². The van der Waals surface area contributed by atoms with E-state index in [1.807, 2.05) is 0 Å². The minimum atomic E-state index is -1.24. The molecule has 0 spiro atoms. The van der Waals surface area contributed by atoms with Crippen LogP contribution in [0.25, 0.3) is 0 Å². The van der Waals surface area contributed by atoms with Crippen molar-refractivity contribution in [3.63, 3.8) is 0 Å². The summed E-state index contributed by atoms with van der Waals surface area (Å²) in [6.45, 7) is 0. The van der Waals surface area contributed by atoms with E-state index < -0.39 is 23.8 Å². The topological polar surface area (TPSA) is 135 Å². The lowest BCUT2D eigenvalue weighted by Crippen LogP contribution is -2.41. The Kier molecular flexibility index (Phi) is 4.73. The number of aliphatic carboxylic acids is 1. The number of carbonyl (C=O) groups excluding carboxylic acids is 2. The molecular weight excluding hydrogens is 240 g/mol. The average molecular weight is 252 g/mol. The molecule has 0 fully saturated rings. The predicted molar refractivity (Wildman–Crippen MR) is 59.4 cm³/mol. The summed E-state index contributed by atoms with van der Waals surface area (Å²) in [6.07, 6.45) is 2.34. The minimum Gasteiger partial charge on any atom is -0.480 e. The number of hydrogen-bond donors (Lipinski definition) is 3. The van der Waals surface area contributed by atoms with Crippen LogP contribution in [0.1, 0.15) is 23.3 Å². The third kappa shape index (κ3) is 4.16. The van der Waals surface area contributed by atoms with Gasteiger partial charge in [0.15, 0.2) is 0 Å². The lowest BCUT2D eigenvalue weighted by atomic mass is 10.1. The van der Waals surface area contributed by atoms with Crippen LogP contribution < -0.4 is 11.1 Å². The predicted octanol–water partition coefficient (Wildman–Crippen LogP) is -1.07. The number of aromatic nitrogens is 2. The highest BCUT2D eigenvalue weighted by atomic mass is 16.4. The van der Waals surface area contributed by atoms with Gasteiger partial charge in [0.25, 0.3) is 5.91 Å². The zero-order valence-electron chi connectivity index (χ0n) is 9.37. The fourth-order valence-corrected chi connectivity index (χ4v) is 1.20. The Morgan fingerprint density at radius 3 is 2.67 bits per heavy atom. The van der Waals surface area contributed by atoms with Crippen molar-refractivity contribution in [1.29, 1.82) is 0 Å². The number of rotatable bonds is 6. The van der Waals surface area contributed by atoms with Gasteiger partial charge in [-0.25, -0.2) is 14.8 Å². The number of nitrogens with zero attached hydrogens (tertiary/aromatic N) is 2. The molecule has 2 amide bonds. The Labute approximate surface area is 102 Å². The Morgan fingerprint density at radius 2 is 2.17 bits per heavy atom. The van der Waals surface area contributed by atoms with Crippen LogP contribution in [0.5, 0.6) is 0 Å². The van der Waals surface area contributed by atoms with Gasteiger partial charge in [0.1, 0.15) is 18.1 Å². The minimum absolute atomic E-state index is 0.0512.